The third-order valence-electron chi connectivity index (χ3n) is 3.52. The number of aromatic nitrogens is 2. The molecule has 1 aromatic carbocycles. The summed E-state index contributed by atoms with van der Waals surface area (Å²) in [7, 11) is 0. The number of benzene rings is 1. The van der Waals surface area contributed by atoms with Crippen molar-refractivity contribution in [1.82, 2.24) is 15.1 Å². The second-order valence-electron chi connectivity index (χ2n) is 5.87. The normalized spacial score (nSPS) is 12.9. The number of para-hydroxylation sites is 1. The molecular formula is C16H21N3OS3. The zero-order chi connectivity index (χ0) is 17.0. The minimum absolute atomic E-state index is 0.0224. The van der Waals surface area contributed by atoms with Crippen molar-refractivity contribution in [2.45, 2.75) is 49.2 Å². The average Bonchev–Trinajstić information content (AvgIpc) is 2.88. The van der Waals surface area contributed by atoms with Crippen LogP contribution in [0.25, 0.3) is 5.69 Å². The van der Waals surface area contributed by atoms with Crippen LogP contribution in [-0.2, 0) is 4.79 Å². The fraction of sp³-hybridized carbons (Fsp3) is 0.438. The van der Waals surface area contributed by atoms with Crippen molar-refractivity contribution < 1.29 is 4.79 Å². The molecule has 2 rings (SSSR count). The van der Waals surface area contributed by atoms with E-state index in [-0.39, 0.29) is 16.7 Å². The Balaban J connectivity index is 2.09. The van der Waals surface area contributed by atoms with Gasteiger partial charge in [-0.25, -0.2) is 4.68 Å². The Kier molecular flexibility index (Phi) is 6.00. The summed E-state index contributed by atoms with van der Waals surface area (Å²) in [5.41, 5.74) is 0.742. The van der Waals surface area contributed by atoms with Crippen LogP contribution in [0.3, 0.4) is 0 Å². The van der Waals surface area contributed by atoms with Gasteiger partial charge in [0.2, 0.25) is 5.91 Å². The summed E-state index contributed by atoms with van der Waals surface area (Å²) in [4.78, 5) is 12.3. The number of carbonyl (C=O) groups is 1. The van der Waals surface area contributed by atoms with Crippen LogP contribution >= 0.6 is 35.3 Å². The standard InChI is InChI=1S/C16H21N3OS3/c1-5-16(3,4)17-13(20)11(2)22-14-18-19(15(21)23-14)12-9-7-6-8-10-12/h6-11H,5H2,1-4H3,(H,17,20). The number of carbonyl (C=O) groups excluding carboxylic acids is 1. The monoisotopic (exact) mass is 367 g/mol. The van der Waals surface area contributed by atoms with Gasteiger partial charge in [-0.15, -0.1) is 5.10 Å². The predicted octanol–water partition coefficient (Wildman–Crippen LogP) is 4.45. The number of hydrogen-bond donors (Lipinski definition) is 1. The lowest BCUT2D eigenvalue weighted by molar-refractivity contribution is -0.121. The van der Waals surface area contributed by atoms with Gasteiger partial charge in [0.1, 0.15) is 0 Å². The minimum Gasteiger partial charge on any atom is -0.350 e. The number of amides is 1. The number of nitrogens with one attached hydrogen (secondary N) is 1. The SMILES string of the molecule is CCC(C)(C)NC(=O)C(C)Sc1nn(-c2ccccc2)c(=S)s1. The van der Waals surface area contributed by atoms with E-state index in [1.54, 1.807) is 4.68 Å². The van der Waals surface area contributed by atoms with Crippen LogP contribution < -0.4 is 5.32 Å². The molecule has 0 aliphatic carbocycles. The third-order valence-corrected chi connectivity index (χ3v) is 5.94. The zero-order valence-corrected chi connectivity index (χ0v) is 16.1. The molecule has 0 aliphatic heterocycles. The third kappa shape index (κ3) is 4.89. The molecule has 0 bridgehead atoms. The van der Waals surface area contributed by atoms with Gasteiger partial charge in [0.25, 0.3) is 0 Å². The molecule has 1 amide bonds. The lowest BCUT2D eigenvalue weighted by atomic mass is 10.0. The van der Waals surface area contributed by atoms with Crippen LogP contribution in [0.5, 0.6) is 0 Å². The molecule has 4 nitrogen and oxygen atoms in total. The Hall–Kier alpha value is -1.18. The van der Waals surface area contributed by atoms with E-state index in [0.29, 0.717) is 3.95 Å². The molecule has 0 aliphatic rings. The van der Waals surface area contributed by atoms with Gasteiger partial charge in [-0.05, 0) is 51.5 Å². The minimum atomic E-state index is -0.217. The largest absolute Gasteiger partial charge is 0.350 e. The quantitative estimate of drug-likeness (QED) is 0.605. The van der Waals surface area contributed by atoms with Crippen LogP contribution in [0, 0.1) is 3.95 Å². The Morgan fingerprint density at radius 2 is 2.09 bits per heavy atom. The molecule has 124 valence electrons. The van der Waals surface area contributed by atoms with E-state index in [1.165, 1.54) is 23.1 Å². The average molecular weight is 368 g/mol. The summed E-state index contributed by atoms with van der Waals surface area (Å²) in [6, 6.07) is 9.78. The van der Waals surface area contributed by atoms with Crippen molar-refractivity contribution in [2.24, 2.45) is 0 Å². The van der Waals surface area contributed by atoms with Crippen molar-refractivity contribution in [3.8, 4) is 5.69 Å². The Morgan fingerprint density at radius 3 is 2.70 bits per heavy atom. The molecule has 1 aromatic heterocycles. The highest BCUT2D eigenvalue weighted by atomic mass is 32.2. The van der Waals surface area contributed by atoms with E-state index in [9.17, 15) is 4.79 Å². The van der Waals surface area contributed by atoms with E-state index in [0.717, 1.165) is 16.4 Å². The number of hydrogen-bond acceptors (Lipinski definition) is 5. The van der Waals surface area contributed by atoms with E-state index in [2.05, 4.69) is 17.3 Å². The molecule has 0 fully saturated rings. The second kappa shape index (κ2) is 7.59. The summed E-state index contributed by atoms with van der Waals surface area (Å²) < 4.78 is 3.22. The van der Waals surface area contributed by atoms with E-state index < -0.39 is 0 Å². The van der Waals surface area contributed by atoms with Gasteiger partial charge in [0.05, 0.1) is 10.9 Å². The van der Waals surface area contributed by atoms with Crippen molar-refractivity contribution in [3.63, 3.8) is 0 Å². The lowest BCUT2D eigenvalue weighted by Crippen LogP contribution is -2.46. The number of nitrogens with zero attached hydrogens (tertiary/aromatic N) is 2. The second-order valence-corrected chi connectivity index (χ2v) is 9.08. The van der Waals surface area contributed by atoms with Crippen LogP contribution in [0.4, 0.5) is 0 Å². The first-order valence-electron chi connectivity index (χ1n) is 7.46. The molecule has 0 saturated heterocycles. The van der Waals surface area contributed by atoms with Crippen LogP contribution in [-0.4, -0.2) is 26.5 Å². The van der Waals surface area contributed by atoms with Gasteiger partial charge < -0.3 is 5.32 Å². The summed E-state index contributed by atoms with van der Waals surface area (Å²) >= 11 is 8.25. The van der Waals surface area contributed by atoms with Crippen LogP contribution in [0.15, 0.2) is 34.7 Å². The van der Waals surface area contributed by atoms with E-state index in [1.807, 2.05) is 51.1 Å². The van der Waals surface area contributed by atoms with Crippen LogP contribution in [0.2, 0.25) is 0 Å². The van der Waals surface area contributed by atoms with E-state index in [4.69, 9.17) is 12.2 Å². The Bertz CT molecular complexity index is 722. The first-order chi connectivity index (χ1) is 10.8. The first-order valence-corrected chi connectivity index (χ1v) is 9.57. The Labute approximate surface area is 150 Å². The summed E-state index contributed by atoms with van der Waals surface area (Å²) in [6.45, 7) is 8.00. The maximum absolute atomic E-state index is 12.3. The first kappa shape index (κ1) is 18.2. The van der Waals surface area contributed by atoms with Gasteiger partial charge in [-0.1, -0.05) is 48.2 Å². The molecule has 1 N–H and O–H groups in total. The van der Waals surface area contributed by atoms with Crippen molar-refractivity contribution in [2.75, 3.05) is 0 Å². The van der Waals surface area contributed by atoms with Gasteiger partial charge in [0.15, 0.2) is 8.29 Å². The number of rotatable bonds is 6. The van der Waals surface area contributed by atoms with Crippen molar-refractivity contribution in [1.29, 1.82) is 0 Å². The molecular weight excluding hydrogens is 346 g/mol. The molecule has 2 aromatic rings. The maximum atomic E-state index is 12.3. The van der Waals surface area contributed by atoms with Gasteiger partial charge in [-0.2, -0.15) is 0 Å². The molecule has 0 saturated carbocycles. The summed E-state index contributed by atoms with van der Waals surface area (Å²) in [5, 5.41) is 7.38. The molecule has 0 radical (unpaired) electrons. The molecule has 23 heavy (non-hydrogen) atoms. The molecule has 1 atom stereocenters. The highest BCUT2D eigenvalue weighted by molar-refractivity contribution is 8.02. The molecule has 0 spiro atoms. The van der Waals surface area contributed by atoms with Crippen molar-refractivity contribution in [3.05, 3.63) is 34.3 Å². The summed E-state index contributed by atoms with van der Waals surface area (Å²) in [6.07, 6.45) is 0.887. The maximum Gasteiger partial charge on any atom is 0.233 e. The van der Waals surface area contributed by atoms with Gasteiger partial charge >= 0.3 is 0 Å². The van der Waals surface area contributed by atoms with Gasteiger partial charge in [0, 0.05) is 5.54 Å². The molecule has 1 unspecified atom stereocenters. The van der Waals surface area contributed by atoms with Crippen LogP contribution in [0.1, 0.15) is 34.1 Å². The molecule has 7 heteroatoms. The number of thioether (sulfide) groups is 1. The topological polar surface area (TPSA) is 46.9 Å². The zero-order valence-electron chi connectivity index (χ0n) is 13.7. The highest BCUT2D eigenvalue weighted by Crippen LogP contribution is 2.28. The predicted molar refractivity (Wildman–Crippen MR) is 100 cm³/mol. The fourth-order valence-corrected chi connectivity index (χ4v) is 4.27. The van der Waals surface area contributed by atoms with E-state index >= 15 is 0 Å². The Morgan fingerprint density at radius 1 is 1.43 bits per heavy atom. The molecule has 1 heterocycles. The lowest BCUT2D eigenvalue weighted by Gasteiger charge is -2.26. The van der Waals surface area contributed by atoms with Gasteiger partial charge in [-0.3, -0.25) is 4.79 Å². The summed E-state index contributed by atoms with van der Waals surface area (Å²) in [5.74, 6) is 0.0224. The highest BCUT2D eigenvalue weighted by Gasteiger charge is 2.23. The van der Waals surface area contributed by atoms with Crippen molar-refractivity contribution >= 4 is 41.2 Å². The smallest absolute Gasteiger partial charge is 0.233 e. The fourth-order valence-electron chi connectivity index (χ4n) is 1.77.